The van der Waals surface area contributed by atoms with Crippen molar-refractivity contribution in [2.24, 2.45) is 12.0 Å². The Balaban J connectivity index is 1.94. The Morgan fingerprint density at radius 3 is 2.52 bits per heavy atom. The molecule has 0 saturated heterocycles. The Hall–Kier alpha value is -2.56. The third-order valence-corrected chi connectivity index (χ3v) is 3.89. The lowest BCUT2D eigenvalue weighted by atomic mass is 10.0. The minimum absolute atomic E-state index is 0.141. The molecule has 1 unspecified atom stereocenters. The van der Waals surface area contributed by atoms with Crippen molar-refractivity contribution in [1.82, 2.24) is 14.7 Å². The summed E-state index contributed by atoms with van der Waals surface area (Å²) in [5.41, 5.74) is 4.31. The van der Waals surface area contributed by atoms with Gasteiger partial charge in [-0.25, -0.2) is 4.99 Å². The van der Waals surface area contributed by atoms with Crippen LogP contribution in [0, 0.1) is 0 Å². The standard InChI is InChI=1S/C18H23N5/c1-13(2)23-11-14(3)17(15-8-6-5-7-9-15)21-18(23)20-16-10-19-22(4)12-16/h5-13,18,20H,1-4H3. The maximum Gasteiger partial charge on any atom is 0.197 e. The van der Waals surface area contributed by atoms with Gasteiger partial charge in [0.15, 0.2) is 6.29 Å². The van der Waals surface area contributed by atoms with Gasteiger partial charge < -0.3 is 10.2 Å². The lowest BCUT2D eigenvalue weighted by Crippen LogP contribution is -2.43. The molecule has 1 aliphatic rings. The highest BCUT2D eigenvalue weighted by Crippen LogP contribution is 2.22. The van der Waals surface area contributed by atoms with Gasteiger partial charge in [-0.1, -0.05) is 30.3 Å². The van der Waals surface area contributed by atoms with Crippen molar-refractivity contribution in [3.63, 3.8) is 0 Å². The summed E-state index contributed by atoms with van der Waals surface area (Å²) in [6, 6.07) is 10.7. The average Bonchev–Trinajstić information content (AvgIpc) is 2.94. The van der Waals surface area contributed by atoms with E-state index in [1.54, 1.807) is 4.68 Å². The highest BCUT2D eigenvalue weighted by molar-refractivity contribution is 6.12. The van der Waals surface area contributed by atoms with Crippen molar-refractivity contribution >= 4 is 11.4 Å². The molecule has 1 aromatic carbocycles. The van der Waals surface area contributed by atoms with Gasteiger partial charge in [-0.2, -0.15) is 5.10 Å². The van der Waals surface area contributed by atoms with Crippen molar-refractivity contribution in [1.29, 1.82) is 0 Å². The predicted octanol–water partition coefficient (Wildman–Crippen LogP) is 3.23. The second kappa shape index (κ2) is 6.28. The topological polar surface area (TPSA) is 45.5 Å². The molecule has 23 heavy (non-hydrogen) atoms. The summed E-state index contributed by atoms with van der Waals surface area (Å²) in [7, 11) is 1.91. The highest BCUT2D eigenvalue weighted by atomic mass is 15.4. The minimum Gasteiger partial charge on any atom is -0.344 e. The lowest BCUT2D eigenvalue weighted by molar-refractivity contribution is 0.250. The number of allylic oxidation sites excluding steroid dienone is 1. The number of anilines is 1. The molecule has 1 aromatic heterocycles. The van der Waals surface area contributed by atoms with Crippen LogP contribution in [-0.4, -0.2) is 32.7 Å². The lowest BCUT2D eigenvalue weighted by Gasteiger charge is -2.36. The molecule has 0 bridgehead atoms. The molecular weight excluding hydrogens is 286 g/mol. The highest BCUT2D eigenvalue weighted by Gasteiger charge is 2.24. The van der Waals surface area contributed by atoms with Crippen LogP contribution in [-0.2, 0) is 7.05 Å². The van der Waals surface area contributed by atoms with Crippen LogP contribution in [0.4, 0.5) is 5.69 Å². The third kappa shape index (κ3) is 3.28. The van der Waals surface area contributed by atoms with Crippen LogP contribution in [0.2, 0.25) is 0 Å². The second-order valence-electron chi connectivity index (χ2n) is 6.12. The van der Waals surface area contributed by atoms with E-state index < -0.39 is 0 Å². The van der Waals surface area contributed by atoms with Crippen molar-refractivity contribution in [3.8, 4) is 0 Å². The van der Waals surface area contributed by atoms with Crippen molar-refractivity contribution in [2.45, 2.75) is 33.1 Å². The fourth-order valence-electron chi connectivity index (χ4n) is 2.73. The molecule has 120 valence electrons. The van der Waals surface area contributed by atoms with Crippen molar-refractivity contribution < 1.29 is 0 Å². The summed E-state index contributed by atoms with van der Waals surface area (Å²) in [5, 5.41) is 7.68. The third-order valence-electron chi connectivity index (χ3n) is 3.89. The monoisotopic (exact) mass is 309 g/mol. The molecule has 0 aliphatic carbocycles. The fourth-order valence-corrected chi connectivity index (χ4v) is 2.73. The van der Waals surface area contributed by atoms with Crippen LogP contribution < -0.4 is 5.32 Å². The van der Waals surface area contributed by atoms with Crippen LogP contribution in [0.25, 0.3) is 0 Å². The van der Waals surface area contributed by atoms with Gasteiger partial charge in [0.2, 0.25) is 0 Å². The predicted molar refractivity (Wildman–Crippen MR) is 94.3 cm³/mol. The van der Waals surface area contributed by atoms with E-state index in [2.05, 4.69) is 54.4 Å². The SMILES string of the molecule is CC1=CN(C(C)C)C(Nc2cnn(C)c2)N=C1c1ccccc1. The van der Waals surface area contributed by atoms with Crippen LogP contribution in [0.1, 0.15) is 26.3 Å². The Morgan fingerprint density at radius 1 is 1.17 bits per heavy atom. The van der Waals surface area contributed by atoms with Gasteiger partial charge in [0.1, 0.15) is 0 Å². The summed E-state index contributed by atoms with van der Waals surface area (Å²) >= 11 is 0. The summed E-state index contributed by atoms with van der Waals surface area (Å²) in [6.45, 7) is 6.46. The van der Waals surface area contributed by atoms with Gasteiger partial charge in [-0.15, -0.1) is 0 Å². The number of aliphatic imine (C=N–C) groups is 1. The molecule has 1 atom stereocenters. The normalized spacial score (nSPS) is 18.0. The van der Waals surface area contributed by atoms with E-state index in [4.69, 9.17) is 4.99 Å². The van der Waals surface area contributed by atoms with Gasteiger partial charge in [-0.05, 0) is 26.3 Å². The largest absolute Gasteiger partial charge is 0.344 e. The molecule has 5 heteroatoms. The first-order valence-corrected chi connectivity index (χ1v) is 7.89. The number of rotatable bonds is 4. The van der Waals surface area contributed by atoms with Crippen LogP contribution >= 0.6 is 0 Å². The molecule has 0 spiro atoms. The zero-order valence-corrected chi connectivity index (χ0v) is 14.1. The van der Waals surface area contributed by atoms with E-state index in [9.17, 15) is 0 Å². The van der Waals surface area contributed by atoms with E-state index in [0.29, 0.717) is 6.04 Å². The molecule has 5 nitrogen and oxygen atoms in total. The minimum atomic E-state index is -0.141. The van der Waals surface area contributed by atoms with E-state index in [0.717, 1.165) is 17.0 Å². The Morgan fingerprint density at radius 2 is 1.91 bits per heavy atom. The molecule has 2 heterocycles. The Kier molecular flexibility index (Phi) is 4.19. The summed E-state index contributed by atoms with van der Waals surface area (Å²) in [6.07, 6.45) is 5.83. The molecule has 0 amide bonds. The first kappa shape index (κ1) is 15.3. The average molecular weight is 309 g/mol. The van der Waals surface area contributed by atoms with E-state index in [1.807, 2.05) is 37.6 Å². The van der Waals surface area contributed by atoms with Crippen LogP contribution in [0.5, 0.6) is 0 Å². The molecule has 1 N–H and O–H groups in total. The number of hydrogen-bond acceptors (Lipinski definition) is 4. The first-order chi connectivity index (χ1) is 11.0. The number of hydrogen-bond donors (Lipinski definition) is 1. The molecule has 0 radical (unpaired) electrons. The number of aromatic nitrogens is 2. The number of nitrogens with one attached hydrogen (secondary N) is 1. The molecule has 2 aromatic rings. The maximum atomic E-state index is 4.97. The fraction of sp³-hybridized carbons (Fsp3) is 0.333. The molecule has 0 saturated carbocycles. The molecule has 0 fully saturated rings. The smallest absolute Gasteiger partial charge is 0.197 e. The molecular formula is C18H23N5. The number of nitrogens with zero attached hydrogens (tertiary/aromatic N) is 4. The van der Waals surface area contributed by atoms with Crippen LogP contribution in [0.15, 0.2) is 59.5 Å². The van der Waals surface area contributed by atoms with Gasteiger partial charge in [0, 0.05) is 31.0 Å². The first-order valence-electron chi connectivity index (χ1n) is 7.89. The maximum absolute atomic E-state index is 4.97. The van der Waals surface area contributed by atoms with E-state index in [-0.39, 0.29) is 6.29 Å². The Labute approximate surface area is 137 Å². The summed E-state index contributed by atoms with van der Waals surface area (Å²) in [4.78, 5) is 7.20. The molecule has 3 rings (SSSR count). The van der Waals surface area contributed by atoms with Crippen molar-refractivity contribution in [3.05, 3.63) is 60.1 Å². The summed E-state index contributed by atoms with van der Waals surface area (Å²) < 4.78 is 1.79. The number of benzene rings is 1. The van der Waals surface area contributed by atoms with Gasteiger partial charge in [-0.3, -0.25) is 4.68 Å². The molecule has 1 aliphatic heterocycles. The van der Waals surface area contributed by atoms with Gasteiger partial charge in [0.05, 0.1) is 17.6 Å². The quantitative estimate of drug-likeness (QED) is 0.943. The zero-order chi connectivity index (χ0) is 16.4. The van der Waals surface area contributed by atoms with E-state index in [1.165, 1.54) is 5.57 Å². The summed E-state index contributed by atoms with van der Waals surface area (Å²) in [5.74, 6) is 0. The van der Waals surface area contributed by atoms with Gasteiger partial charge in [0.25, 0.3) is 0 Å². The second-order valence-corrected chi connectivity index (χ2v) is 6.12. The van der Waals surface area contributed by atoms with Crippen LogP contribution in [0.3, 0.4) is 0 Å². The Bertz CT molecular complexity index is 727. The zero-order valence-electron chi connectivity index (χ0n) is 14.1. The van der Waals surface area contributed by atoms with Crippen molar-refractivity contribution in [2.75, 3.05) is 5.32 Å². The number of aryl methyl sites for hydroxylation is 1. The van der Waals surface area contributed by atoms with E-state index >= 15 is 0 Å². The van der Waals surface area contributed by atoms with Gasteiger partial charge >= 0.3 is 0 Å².